The summed E-state index contributed by atoms with van der Waals surface area (Å²) in [6.07, 6.45) is 14.1. The molecule has 5 heteroatoms. The van der Waals surface area contributed by atoms with Crippen LogP contribution in [0.4, 0.5) is 0 Å². The number of unbranched alkanes of at least 4 members (excludes halogenated alkanes) is 11. The summed E-state index contributed by atoms with van der Waals surface area (Å²) in [6, 6.07) is 8.86. The minimum absolute atomic E-state index is 0.239. The summed E-state index contributed by atoms with van der Waals surface area (Å²) in [7, 11) is 0. The number of ether oxygens (including phenoxy) is 2. The van der Waals surface area contributed by atoms with E-state index in [2.05, 4.69) is 13.8 Å². The fraction of sp³-hybridized carbons (Fsp3) is 0.724. The Hall–Kier alpha value is -1.88. The lowest BCUT2D eigenvalue weighted by molar-refractivity contribution is -0.207. The van der Waals surface area contributed by atoms with Gasteiger partial charge in [-0.3, -0.25) is 4.79 Å². The van der Waals surface area contributed by atoms with Gasteiger partial charge in [0.25, 0.3) is 0 Å². The van der Waals surface area contributed by atoms with E-state index in [9.17, 15) is 14.7 Å². The quantitative estimate of drug-likeness (QED) is 0.172. The predicted octanol–water partition coefficient (Wildman–Crippen LogP) is 7.01. The smallest absolute Gasteiger partial charge is 0.338 e. The highest BCUT2D eigenvalue weighted by atomic mass is 16.6. The normalized spacial score (nSPS) is 19.2. The Bertz CT molecular complexity index is 689. The van der Waals surface area contributed by atoms with Gasteiger partial charge in [0, 0.05) is 0 Å². The van der Waals surface area contributed by atoms with Gasteiger partial charge in [-0.15, -0.1) is 0 Å². The van der Waals surface area contributed by atoms with E-state index in [1.165, 1.54) is 38.5 Å². The van der Waals surface area contributed by atoms with Crippen LogP contribution in [0.5, 0.6) is 0 Å². The maximum Gasteiger partial charge on any atom is 0.338 e. The summed E-state index contributed by atoms with van der Waals surface area (Å²) in [5.41, 5.74) is 0.466. The fourth-order valence-electron chi connectivity index (χ4n) is 4.69. The van der Waals surface area contributed by atoms with E-state index in [0.29, 0.717) is 12.0 Å². The van der Waals surface area contributed by atoms with Crippen LogP contribution in [-0.4, -0.2) is 35.4 Å². The van der Waals surface area contributed by atoms with Gasteiger partial charge in [0.1, 0.15) is 18.3 Å². The predicted molar refractivity (Wildman–Crippen MR) is 136 cm³/mol. The molecule has 192 valence electrons. The van der Waals surface area contributed by atoms with Crippen molar-refractivity contribution in [1.82, 2.24) is 0 Å². The van der Waals surface area contributed by atoms with Gasteiger partial charge in [-0.2, -0.15) is 0 Å². The number of hydrogen-bond donors (Lipinski definition) is 1. The summed E-state index contributed by atoms with van der Waals surface area (Å²) in [6.45, 7) is 4.39. The van der Waals surface area contributed by atoms with Crippen LogP contribution in [0.3, 0.4) is 0 Å². The number of aliphatic hydroxyl groups is 1. The number of carbonyl (C=O) groups excluding carboxylic acids is 2. The third kappa shape index (κ3) is 9.77. The van der Waals surface area contributed by atoms with Crippen molar-refractivity contribution in [2.75, 3.05) is 0 Å². The summed E-state index contributed by atoms with van der Waals surface area (Å²) in [5.74, 6) is -0.976. The first-order valence-corrected chi connectivity index (χ1v) is 13.7. The van der Waals surface area contributed by atoms with Gasteiger partial charge in [-0.05, 0) is 31.4 Å². The van der Waals surface area contributed by atoms with Crippen LogP contribution in [0, 0.1) is 5.92 Å². The van der Waals surface area contributed by atoms with Crippen LogP contribution >= 0.6 is 0 Å². The summed E-state index contributed by atoms with van der Waals surface area (Å²) in [5, 5.41) is 11.1. The molecule has 0 aliphatic carbocycles. The highest BCUT2D eigenvalue weighted by molar-refractivity contribution is 5.89. The van der Waals surface area contributed by atoms with Gasteiger partial charge in [-0.1, -0.05) is 109 Å². The molecule has 1 aromatic rings. The van der Waals surface area contributed by atoms with Crippen LogP contribution in [0.15, 0.2) is 30.3 Å². The van der Waals surface area contributed by atoms with Crippen molar-refractivity contribution in [1.29, 1.82) is 0 Å². The van der Waals surface area contributed by atoms with E-state index in [1.54, 1.807) is 24.3 Å². The molecule has 0 saturated carbocycles. The van der Waals surface area contributed by atoms with E-state index in [1.807, 2.05) is 6.07 Å². The highest BCUT2D eigenvalue weighted by Crippen LogP contribution is 2.33. The number of benzene rings is 1. The van der Waals surface area contributed by atoms with E-state index in [0.717, 1.165) is 51.4 Å². The first kappa shape index (κ1) is 28.4. The first-order chi connectivity index (χ1) is 16.6. The van der Waals surface area contributed by atoms with E-state index >= 15 is 0 Å². The lowest BCUT2D eigenvalue weighted by atomic mass is 9.84. The molecule has 0 amide bonds. The monoisotopic (exact) mass is 474 g/mol. The third-order valence-electron chi connectivity index (χ3n) is 6.90. The van der Waals surface area contributed by atoms with Gasteiger partial charge >= 0.3 is 11.9 Å². The molecule has 1 aromatic carbocycles. The van der Waals surface area contributed by atoms with Crippen molar-refractivity contribution in [3.05, 3.63) is 35.9 Å². The zero-order valence-corrected chi connectivity index (χ0v) is 21.4. The zero-order valence-electron chi connectivity index (χ0n) is 21.4. The molecule has 0 spiro atoms. The first-order valence-electron chi connectivity index (χ1n) is 13.7. The summed E-state index contributed by atoms with van der Waals surface area (Å²) >= 11 is 0. The second-order valence-electron chi connectivity index (χ2n) is 9.77. The van der Waals surface area contributed by atoms with Crippen molar-refractivity contribution in [2.24, 2.45) is 5.92 Å². The second kappa shape index (κ2) is 16.7. The van der Waals surface area contributed by atoms with Gasteiger partial charge in [0.05, 0.1) is 11.5 Å². The summed E-state index contributed by atoms with van der Waals surface area (Å²) < 4.78 is 11.1. The Balaban J connectivity index is 1.87. The average molecular weight is 475 g/mol. The molecule has 4 unspecified atom stereocenters. The van der Waals surface area contributed by atoms with Crippen LogP contribution in [0.1, 0.15) is 121 Å². The van der Waals surface area contributed by atoms with E-state index in [-0.39, 0.29) is 11.9 Å². The Morgan fingerprint density at radius 1 is 0.882 bits per heavy atom. The molecule has 5 nitrogen and oxygen atoms in total. The Morgan fingerprint density at radius 2 is 1.44 bits per heavy atom. The minimum atomic E-state index is -0.990. The van der Waals surface area contributed by atoms with Gasteiger partial charge < -0.3 is 14.6 Å². The van der Waals surface area contributed by atoms with Crippen molar-refractivity contribution in [3.8, 4) is 0 Å². The van der Waals surface area contributed by atoms with Crippen LogP contribution in [0.2, 0.25) is 0 Å². The van der Waals surface area contributed by atoms with E-state index < -0.39 is 24.3 Å². The Kier molecular flexibility index (Phi) is 13.9. The second-order valence-corrected chi connectivity index (χ2v) is 9.77. The minimum Gasteiger partial charge on any atom is -0.458 e. The molecule has 1 heterocycles. The molecular weight excluding hydrogens is 428 g/mol. The molecule has 2 rings (SSSR count). The van der Waals surface area contributed by atoms with Crippen molar-refractivity contribution in [2.45, 2.75) is 128 Å². The molecule has 0 bridgehead atoms. The molecule has 1 aliphatic heterocycles. The Morgan fingerprint density at radius 3 is 2.03 bits per heavy atom. The van der Waals surface area contributed by atoms with Crippen molar-refractivity contribution < 1.29 is 24.2 Å². The molecule has 4 atom stereocenters. The molecule has 0 aromatic heterocycles. The SMILES string of the molecule is CCCCCCCCCCCC(OC(=O)c1ccccc1)C(O)C1OC(=O)C1CCCCCC. The van der Waals surface area contributed by atoms with Gasteiger partial charge in [-0.25, -0.2) is 4.79 Å². The molecule has 1 aliphatic rings. The lowest BCUT2D eigenvalue weighted by Gasteiger charge is -2.40. The molecule has 1 saturated heterocycles. The van der Waals surface area contributed by atoms with Crippen molar-refractivity contribution in [3.63, 3.8) is 0 Å². The highest BCUT2D eigenvalue weighted by Gasteiger charge is 2.49. The van der Waals surface area contributed by atoms with Crippen LogP contribution in [0.25, 0.3) is 0 Å². The molecule has 1 fully saturated rings. The third-order valence-corrected chi connectivity index (χ3v) is 6.90. The Labute approximate surface area is 206 Å². The molecule has 1 N–H and O–H groups in total. The summed E-state index contributed by atoms with van der Waals surface area (Å²) in [4.78, 5) is 24.8. The number of cyclic esters (lactones) is 1. The number of rotatable bonds is 19. The standard InChI is InChI=1S/C29H46O5/c1-3-5-7-9-10-11-12-13-18-22-25(33-28(31)23-19-15-14-16-20-23)26(30)27-24(29(32)34-27)21-17-8-6-4-2/h14-16,19-20,24-27,30H,3-13,17-18,21-22H2,1-2H3. The van der Waals surface area contributed by atoms with Gasteiger partial charge in [0.2, 0.25) is 0 Å². The number of hydrogen-bond acceptors (Lipinski definition) is 5. The van der Waals surface area contributed by atoms with Crippen LogP contribution < -0.4 is 0 Å². The number of esters is 2. The van der Waals surface area contributed by atoms with Crippen LogP contribution in [-0.2, 0) is 14.3 Å². The lowest BCUT2D eigenvalue weighted by Crippen LogP contribution is -2.56. The molecule has 34 heavy (non-hydrogen) atoms. The fourth-order valence-corrected chi connectivity index (χ4v) is 4.69. The van der Waals surface area contributed by atoms with Gasteiger partial charge in [0.15, 0.2) is 0 Å². The average Bonchev–Trinajstić information content (AvgIpc) is 2.85. The zero-order chi connectivity index (χ0) is 24.6. The maximum atomic E-state index is 12.7. The maximum absolute atomic E-state index is 12.7. The van der Waals surface area contributed by atoms with E-state index in [4.69, 9.17) is 9.47 Å². The number of carbonyl (C=O) groups is 2. The largest absolute Gasteiger partial charge is 0.458 e. The molecular formula is C29H46O5. The topological polar surface area (TPSA) is 72.8 Å². The molecule has 0 radical (unpaired) electrons. The van der Waals surface area contributed by atoms with Crippen molar-refractivity contribution >= 4 is 11.9 Å². The number of aliphatic hydroxyl groups excluding tert-OH is 1.